The maximum atomic E-state index is 10.5. The summed E-state index contributed by atoms with van der Waals surface area (Å²) in [4.78, 5) is 0. The Bertz CT molecular complexity index is 413. The number of nitrogens with two attached hydrogens (primary N) is 1. The van der Waals surface area contributed by atoms with Crippen LogP contribution in [0.2, 0.25) is 0 Å². The van der Waals surface area contributed by atoms with Crippen LogP contribution in [0, 0.1) is 12.8 Å². The van der Waals surface area contributed by atoms with Crippen LogP contribution in [-0.2, 0) is 0 Å². The Balaban J connectivity index is 2.11. The number of rotatable bonds is 4. The lowest BCUT2D eigenvalue weighted by Crippen LogP contribution is -2.34. The Hall–Kier alpha value is -1.06. The lowest BCUT2D eigenvalue weighted by molar-refractivity contribution is 0.0616. The molecule has 1 fully saturated rings. The fourth-order valence-electron chi connectivity index (χ4n) is 3.10. The van der Waals surface area contributed by atoms with E-state index in [0.29, 0.717) is 5.92 Å². The molecule has 3 N–H and O–H groups in total. The molecule has 19 heavy (non-hydrogen) atoms. The average Bonchev–Trinajstić information content (AvgIpc) is 2.46. The maximum absolute atomic E-state index is 10.5. The van der Waals surface area contributed by atoms with E-state index in [1.807, 2.05) is 25.1 Å². The first-order valence-electron chi connectivity index (χ1n) is 7.21. The van der Waals surface area contributed by atoms with Crippen molar-refractivity contribution in [3.63, 3.8) is 0 Å². The number of aryl methyl sites for hydroxylation is 1. The Morgan fingerprint density at radius 1 is 1.26 bits per heavy atom. The third kappa shape index (κ3) is 3.28. The van der Waals surface area contributed by atoms with Gasteiger partial charge in [0.25, 0.3) is 0 Å². The van der Waals surface area contributed by atoms with E-state index >= 15 is 0 Å². The van der Waals surface area contributed by atoms with Crippen molar-refractivity contribution in [2.75, 3.05) is 7.11 Å². The normalized spacial score (nSPS) is 20.0. The van der Waals surface area contributed by atoms with Gasteiger partial charge in [0.2, 0.25) is 0 Å². The van der Waals surface area contributed by atoms with Crippen LogP contribution in [0.5, 0.6) is 5.75 Å². The molecular weight excluding hydrogens is 238 g/mol. The second kappa shape index (κ2) is 6.40. The molecular formula is C16H25NO2. The number of hydrogen-bond acceptors (Lipinski definition) is 3. The predicted molar refractivity (Wildman–Crippen MR) is 77.2 cm³/mol. The number of methoxy groups -OCH3 is 1. The summed E-state index contributed by atoms with van der Waals surface area (Å²) in [7, 11) is 1.66. The van der Waals surface area contributed by atoms with Gasteiger partial charge in [0, 0.05) is 0 Å². The summed E-state index contributed by atoms with van der Waals surface area (Å²) < 4.78 is 5.20. The monoisotopic (exact) mass is 263 g/mol. The van der Waals surface area contributed by atoms with Gasteiger partial charge >= 0.3 is 0 Å². The lowest BCUT2D eigenvalue weighted by atomic mass is 9.81. The van der Waals surface area contributed by atoms with Crippen molar-refractivity contribution < 1.29 is 9.84 Å². The van der Waals surface area contributed by atoms with E-state index in [0.717, 1.165) is 29.7 Å². The fourth-order valence-corrected chi connectivity index (χ4v) is 3.10. The van der Waals surface area contributed by atoms with Gasteiger partial charge in [0.05, 0.1) is 19.3 Å². The van der Waals surface area contributed by atoms with Crippen LogP contribution in [0.15, 0.2) is 18.2 Å². The molecule has 2 atom stereocenters. The van der Waals surface area contributed by atoms with Crippen LogP contribution in [0.25, 0.3) is 0 Å². The third-order valence-electron chi connectivity index (χ3n) is 4.34. The van der Waals surface area contributed by atoms with Gasteiger partial charge < -0.3 is 15.6 Å². The van der Waals surface area contributed by atoms with Crippen molar-refractivity contribution in [1.29, 1.82) is 0 Å². The molecule has 0 saturated heterocycles. The van der Waals surface area contributed by atoms with E-state index in [-0.39, 0.29) is 6.04 Å². The van der Waals surface area contributed by atoms with Crippen molar-refractivity contribution in [1.82, 2.24) is 0 Å². The molecule has 3 nitrogen and oxygen atoms in total. The van der Waals surface area contributed by atoms with Crippen molar-refractivity contribution in [2.24, 2.45) is 11.7 Å². The van der Waals surface area contributed by atoms with Crippen LogP contribution in [0.1, 0.15) is 49.3 Å². The first kappa shape index (κ1) is 14.4. The second-order valence-electron chi connectivity index (χ2n) is 5.64. The first-order valence-corrected chi connectivity index (χ1v) is 7.21. The van der Waals surface area contributed by atoms with Gasteiger partial charge in [-0.05, 0) is 48.9 Å². The number of benzene rings is 1. The molecule has 0 amide bonds. The van der Waals surface area contributed by atoms with E-state index in [4.69, 9.17) is 10.5 Å². The van der Waals surface area contributed by atoms with Crippen molar-refractivity contribution in [3.05, 3.63) is 29.3 Å². The van der Waals surface area contributed by atoms with E-state index in [1.54, 1.807) is 7.11 Å². The molecule has 3 heteroatoms. The summed E-state index contributed by atoms with van der Waals surface area (Å²) in [6, 6.07) is 5.57. The Morgan fingerprint density at radius 3 is 2.53 bits per heavy atom. The van der Waals surface area contributed by atoms with E-state index < -0.39 is 6.10 Å². The molecule has 1 aromatic carbocycles. The smallest absolute Gasteiger partial charge is 0.119 e. The molecule has 0 heterocycles. The van der Waals surface area contributed by atoms with Gasteiger partial charge in [-0.2, -0.15) is 0 Å². The average molecular weight is 263 g/mol. The number of aliphatic hydroxyl groups excluding tert-OH is 1. The Labute approximate surface area is 115 Å². The summed E-state index contributed by atoms with van der Waals surface area (Å²) in [6.07, 6.45) is 5.49. The van der Waals surface area contributed by atoms with E-state index in [2.05, 4.69) is 0 Å². The van der Waals surface area contributed by atoms with Crippen molar-refractivity contribution in [3.8, 4) is 5.75 Å². The minimum atomic E-state index is -0.438. The molecule has 1 aliphatic carbocycles. The van der Waals surface area contributed by atoms with Gasteiger partial charge in [0.15, 0.2) is 0 Å². The molecule has 0 unspecified atom stereocenters. The van der Waals surface area contributed by atoms with Crippen LogP contribution in [0.4, 0.5) is 0 Å². The SMILES string of the molecule is COc1ccc([C@@H](N)[C@@H](O)C2CCCCC2)c(C)c1. The summed E-state index contributed by atoms with van der Waals surface area (Å²) in [5.41, 5.74) is 8.38. The van der Waals surface area contributed by atoms with Gasteiger partial charge in [-0.15, -0.1) is 0 Å². The van der Waals surface area contributed by atoms with E-state index in [9.17, 15) is 5.11 Å². The quantitative estimate of drug-likeness (QED) is 0.878. The van der Waals surface area contributed by atoms with Crippen LogP contribution >= 0.6 is 0 Å². The maximum Gasteiger partial charge on any atom is 0.119 e. The van der Waals surface area contributed by atoms with Crippen LogP contribution in [0.3, 0.4) is 0 Å². The Morgan fingerprint density at radius 2 is 1.95 bits per heavy atom. The molecule has 2 rings (SSSR count). The summed E-state index contributed by atoms with van der Waals surface area (Å²) in [5, 5.41) is 10.5. The largest absolute Gasteiger partial charge is 0.497 e. The minimum absolute atomic E-state index is 0.297. The van der Waals surface area contributed by atoms with Gasteiger partial charge in [0.1, 0.15) is 5.75 Å². The Kier molecular flexibility index (Phi) is 4.83. The summed E-state index contributed by atoms with van der Waals surface area (Å²) in [5.74, 6) is 1.19. The zero-order chi connectivity index (χ0) is 13.8. The highest BCUT2D eigenvalue weighted by Crippen LogP contribution is 2.32. The van der Waals surface area contributed by atoms with Crippen molar-refractivity contribution >= 4 is 0 Å². The molecule has 0 aliphatic heterocycles. The van der Waals surface area contributed by atoms with E-state index in [1.165, 1.54) is 19.3 Å². The third-order valence-corrected chi connectivity index (χ3v) is 4.34. The molecule has 106 valence electrons. The van der Waals surface area contributed by atoms with Gasteiger partial charge in [-0.3, -0.25) is 0 Å². The molecule has 1 aromatic rings. The topological polar surface area (TPSA) is 55.5 Å². The predicted octanol–water partition coefficient (Wildman–Crippen LogP) is 2.94. The molecule has 0 spiro atoms. The fraction of sp³-hybridized carbons (Fsp3) is 0.625. The van der Waals surface area contributed by atoms with Crippen LogP contribution in [-0.4, -0.2) is 18.3 Å². The minimum Gasteiger partial charge on any atom is -0.497 e. The van der Waals surface area contributed by atoms with Gasteiger partial charge in [-0.1, -0.05) is 25.3 Å². The summed E-state index contributed by atoms with van der Waals surface area (Å²) in [6.45, 7) is 2.02. The highest BCUT2D eigenvalue weighted by Gasteiger charge is 2.28. The lowest BCUT2D eigenvalue weighted by Gasteiger charge is -2.31. The molecule has 0 radical (unpaired) electrons. The number of aliphatic hydroxyl groups is 1. The highest BCUT2D eigenvalue weighted by atomic mass is 16.5. The standard InChI is InChI=1S/C16H25NO2/c1-11-10-13(19-2)8-9-14(11)15(17)16(18)12-6-4-3-5-7-12/h8-10,12,15-16,18H,3-7,17H2,1-2H3/t15-,16+/m1/s1. The zero-order valence-electron chi connectivity index (χ0n) is 11.9. The molecule has 1 saturated carbocycles. The number of ether oxygens (including phenoxy) is 1. The summed E-state index contributed by atoms with van der Waals surface area (Å²) >= 11 is 0. The molecule has 1 aliphatic rings. The zero-order valence-corrected chi connectivity index (χ0v) is 11.9. The van der Waals surface area contributed by atoms with Crippen molar-refractivity contribution in [2.45, 2.75) is 51.2 Å². The van der Waals surface area contributed by atoms with Crippen LogP contribution < -0.4 is 10.5 Å². The van der Waals surface area contributed by atoms with Gasteiger partial charge in [-0.25, -0.2) is 0 Å². The molecule has 0 aromatic heterocycles. The highest BCUT2D eigenvalue weighted by molar-refractivity contribution is 5.37. The first-order chi connectivity index (χ1) is 9.13. The second-order valence-corrected chi connectivity index (χ2v) is 5.64. The number of hydrogen-bond donors (Lipinski definition) is 2. The molecule has 0 bridgehead atoms.